The van der Waals surface area contributed by atoms with E-state index in [4.69, 9.17) is 5.26 Å². The second-order valence-corrected chi connectivity index (χ2v) is 4.35. The summed E-state index contributed by atoms with van der Waals surface area (Å²) in [5.74, 6) is 0.502. The normalized spacial score (nSPS) is 10.2. The lowest BCUT2D eigenvalue weighted by atomic mass is 9.98. The van der Waals surface area contributed by atoms with Gasteiger partial charge in [0.25, 0.3) is 0 Å². The Morgan fingerprint density at radius 3 is 2.65 bits per heavy atom. The van der Waals surface area contributed by atoms with Crippen LogP contribution in [0.15, 0.2) is 42.7 Å². The zero-order valence-corrected chi connectivity index (χ0v) is 10.0. The third kappa shape index (κ3) is 2.51. The molecule has 0 spiro atoms. The topological polar surface area (TPSA) is 36.7 Å². The van der Waals surface area contributed by atoms with E-state index in [2.05, 4.69) is 37.0 Å². The highest BCUT2D eigenvalue weighted by Gasteiger charge is 2.03. The van der Waals surface area contributed by atoms with Crippen molar-refractivity contribution in [3.8, 4) is 17.2 Å². The number of rotatable bonds is 2. The van der Waals surface area contributed by atoms with E-state index in [1.54, 1.807) is 12.4 Å². The van der Waals surface area contributed by atoms with Gasteiger partial charge in [0.15, 0.2) is 0 Å². The lowest BCUT2D eigenvalue weighted by molar-refractivity contribution is 0.867. The van der Waals surface area contributed by atoms with Crippen molar-refractivity contribution in [2.24, 2.45) is 0 Å². The van der Waals surface area contributed by atoms with E-state index in [1.165, 1.54) is 5.56 Å². The number of hydrogen-bond acceptors (Lipinski definition) is 2. The highest BCUT2D eigenvalue weighted by Crippen LogP contribution is 2.23. The summed E-state index contributed by atoms with van der Waals surface area (Å²) < 4.78 is 0. The monoisotopic (exact) mass is 222 g/mol. The molecule has 0 unspecified atom stereocenters. The fourth-order valence-electron chi connectivity index (χ4n) is 1.74. The summed E-state index contributed by atoms with van der Waals surface area (Å²) in [5, 5.41) is 8.86. The fraction of sp³-hybridized carbons (Fsp3) is 0.200. The molecule has 0 N–H and O–H groups in total. The summed E-state index contributed by atoms with van der Waals surface area (Å²) in [6.07, 6.45) is 3.37. The SMILES string of the molecule is CC(C)c1cccc(-c2cncc(C#N)c2)c1. The molecule has 0 fully saturated rings. The summed E-state index contributed by atoms with van der Waals surface area (Å²) >= 11 is 0. The molecular weight excluding hydrogens is 208 g/mol. The van der Waals surface area contributed by atoms with Gasteiger partial charge in [-0.3, -0.25) is 4.98 Å². The molecule has 2 heteroatoms. The highest BCUT2D eigenvalue weighted by atomic mass is 14.6. The van der Waals surface area contributed by atoms with Crippen molar-refractivity contribution in [1.82, 2.24) is 4.98 Å². The maximum atomic E-state index is 8.86. The third-order valence-electron chi connectivity index (χ3n) is 2.75. The molecule has 0 saturated heterocycles. The molecule has 0 aliphatic carbocycles. The number of hydrogen-bond donors (Lipinski definition) is 0. The molecule has 0 saturated carbocycles. The summed E-state index contributed by atoms with van der Waals surface area (Å²) in [5.41, 5.74) is 4.00. The first kappa shape index (κ1) is 11.3. The Morgan fingerprint density at radius 2 is 1.94 bits per heavy atom. The molecule has 84 valence electrons. The van der Waals surface area contributed by atoms with E-state index in [1.807, 2.05) is 18.2 Å². The molecule has 0 amide bonds. The van der Waals surface area contributed by atoms with Crippen LogP contribution in [-0.2, 0) is 0 Å². The standard InChI is InChI=1S/C15H14N2/c1-11(2)13-4-3-5-14(7-13)15-6-12(8-16)9-17-10-15/h3-7,9-11H,1-2H3. The Balaban J connectivity index is 2.46. The molecule has 0 aliphatic rings. The van der Waals surface area contributed by atoms with Gasteiger partial charge >= 0.3 is 0 Å². The summed E-state index contributed by atoms with van der Waals surface area (Å²) in [7, 11) is 0. The molecule has 1 aromatic carbocycles. The molecular formula is C15H14N2. The minimum Gasteiger partial charge on any atom is -0.263 e. The van der Waals surface area contributed by atoms with E-state index >= 15 is 0 Å². The van der Waals surface area contributed by atoms with Crippen molar-refractivity contribution in [2.75, 3.05) is 0 Å². The summed E-state index contributed by atoms with van der Waals surface area (Å²) in [6, 6.07) is 12.3. The van der Waals surface area contributed by atoms with Gasteiger partial charge in [-0.2, -0.15) is 5.26 Å². The second-order valence-electron chi connectivity index (χ2n) is 4.35. The fourth-order valence-corrected chi connectivity index (χ4v) is 1.74. The molecule has 0 atom stereocenters. The van der Waals surface area contributed by atoms with Crippen LogP contribution in [0.25, 0.3) is 11.1 Å². The van der Waals surface area contributed by atoms with E-state index in [9.17, 15) is 0 Å². The molecule has 0 aliphatic heterocycles. The molecule has 0 radical (unpaired) electrons. The van der Waals surface area contributed by atoms with Gasteiger partial charge < -0.3 is 0 Å². The predicted molar refractivity (Wildman–Crippen MR) is 68.5 cm³/mol. The molecule has 1 aromatic heterocycles. The van der Waals surface area contributed by atoms with Gasteiger partial charge in [0.1, 0.15) is 6.07 Å². The van der Waals surface area contributed by atoms with Crippen LogP contribution in [0.1, 0.15) is 30.9 Å². The molecule has 2 aromatic rings. The van der Waals surface area contributed by atoms with Gasteiger partial charge in [-0.1, -0.05) is 38.1 Å². The van der Waals surface area contributed by atoms with Crippen molar-refractivity contribution in [3.05, 3.63) is 53.9 Å². The van der Waals surface area contributed by atoms with Gasteiger partial charge in [0, 0.05) is 18.0 Å². The number of nitriles is 1. The molecule has 17 heavy (non-hydrogen) atoms. The van der Waals surface area contributed by atoms with Crippen LogP contribution in [0.4, 0.5) is 0 Å². The Bertz CT molecular complexity index is 565. The molecule has 0 bridgehead atoms. The van der Waals surface area contributed by atoms with Gasteiger partial charge in [0.2, 0.25) is 0 Å². The van der Waals surface area contributed by atoms with Gasteiger partial charge in [-0.05, 0) is 23.1 Å². The predicted octanol–water partition coefficient (Wildman–Crippen LogP) is 3.74. The van der Waals surface area contributed by atoms with E-state index in [0.29, 0.717) is 11.5 Å². The largest absolute Gasteiger partial charge is 0.263 e. The van der Waals surface area contributed by atoms with Crippen LogP contribution in [0.3, 0.4) is 0 Å². The number of pyridine rings is 1. The van der Waals surface area contributed by atoms with Crippen molar-refractivity contribution < 1.29 is 0 Å². The Kier molecular flexibility index (Phi) is 3.20. The zero-order valence-electron chi connectivity index (χ0n) is 10.0. The number of benzene rings is 1. The first-order valence-corrected chi connectivity index (χ1v) is 5.66. The van der Waals surface area contributed by atoms with Crippen molar-refractivity contribution in [3.63, 3.8) is 0 Å². The second kappa shape index (κ2) is 4.80. The van der Waals surface area contributed by atoms with Crippen LogP contribution in [0, 0.1) is 11.3 Å². The van der Waals surface area contributed by atoms with Gasteiger partial charge in [-0.15, -0.1) is 0 Å². The Morgan fingerprint density at radius 1 is 1.12 bits per heavy atom. The highest BCUT2D eigenvalue weighted by molar-refractivity contribution is 5.64. The average Bonchev–Trinajstić information content (AvgIpc) is 2.39. The number of aromatic nitrogens is 1. The maximum absolute atomic E-state index is 8.86. The van der Waals surface area contributed by atoms with Crippen LogP contribution in [-0.4, -0.2) is 4.98 Å². The summed E-state index contributed by atoms with van der Waals surface area (Å²) in [4.78, 5) is 4.08. The quantitative estimate of drug-likeness (QED) is 0.776. The van der Waals surface area contributed by atoms with Crippen molar-refractivity contribution in [2.45, 2.75) is 19.8 Å². The van der Waals surface area contributed by atoms with Crippen LogP contribution < -0.4 is 0 Å². The molecule has 2 nitrogen and oxygen atoms in total. The number of nitrogens with zero attached hydrogens (tertiary/aromatic N) is 2. The third-order valence-corrected chi connectivity index (χ3v) is 2.75. The van der Waals surface area contributed by atoms with Crippen molar-refractivity contribution in [1.29, 1.82) is 5.26 Å². The van der Waals surface area contributed by atoms with Crippen molar-refractivity contribution >= 4 is 0 Å². The minimum absolute atomic E-state index is 0.502. The first-order valence-electron chi connectivity index (χ1n) is 5.66. The minimum atomic E-state index is 0.502. The maximum Gasteiger partial charge on any atom is 0.101 e. The first-order chi connectivity index (χ1) is 8.20. The molecule has 2 rings (SSSR count). The van der Waals surface area contributed by atoms with E-state index in [0.717, 1.165) is 11.1 Å². The van der Waals surface area contributed by atoms with Crippen LogP contribution >= 0.6 is 0 Å². The van der Waals surface area contributed by atoms with Gasteiger partial charge in [-0.25, -0.2) is 0 Å². The van der Waals surface area contributed by atoms with E-state index < -0.39 is 0 Å². The van der Waals surface area contributed by atoms with Gasteiger partial charge in [0.05, 0.1) is 5.56 Å². The average molecular weight is 222 g/mol. The molecule has 1 heterocycles. The van der Waals surface area contributed by atoms with Crippen LogP contribution in [0.2, 0.25) is 0 Å². The Labute approximate surface area is 102 Å². The lowest BCUT2D eigenvalue weighted by Gasteiger charge is -2.08. The van der Waals surface area contributed by atoms with E-state index in [-0.39, 0.29) is 0 Å². The lowest BCUT2D eigenvalue weighted by Crippen LogP contribution is -1.88. The smallest absolute Gasteiger partial charge is 0.101 e. The van der Waals surface area contributed by atoms with Crippen LogP contribution in [0.5, 0.6) is 0 Å². The Hall–Kier alpha value is -2.14. The zero-order chi connectivity index (χ0) is 12.3. The summed E-state index contributed by atoms with van der Waals surface area (Å²) in [6.45, 7) is 4.34.